The van der Waals surface area contributed by atoms with E-state index in [0.29, 0.717) is 34.9 Å². The Hall–Kier alpha value is -2.10. The summed E-state index contributed by atoms with van der Waals surface area (Å²) >= 11 is 2.34. The fourth-order valence-corrected chi connectivity index (χ4v) is 8.88. The first-order chi connectivity index (χ1) is 16.6. The second-order valence-corrected chi connectivity index (χ2v) is 14.7. The largest absolute Gasteiger partial charge is 0.269 e. The molecule has 35 heavy (non-hydrogen) atoms. The quantitative estimate of drug-likeness (QED) is 0.258. The summed E-state index contributed by atoms with van der Waals surface area (Å²) in [6.07, 6.45) is 5.76. The molecule has 0 bridgehead atoms. The number of benzene rings is 1. The van der Waals surface area contributed by atoms with Gasteiger partial charge in [0.15, 0.2) is 5.65 Å². The maximum Gasteiger partial charge on any atom is 0.269 e. The minimum atomic E-state index is -3.84. The number of aromatic nitrogens is 5. The molecule has 184 valence electrons. The van der Waals surface area contributed by atoms with Gasteiger partial charge in [0.1, 0.15) is 11.0 Å². The van der Waals surface area contributed by atoms with Crippen LogP contribution < -0.4 is 4.72 Å². The first kappa shape index (κ1) is 23.3. The van der Waals surface area contributed by atoms with Crippen LogP contribution in [0.3, 0.4) is 0 Å². The fourth-order valence-electron chi connectivity index (χ4n) is 4.76. The normalized spacial score (nSPS) is 23.4. The number of pyridine rings is 1. The molecule has 0 amide bonds. The Kier molecular flexibility index (Phi) is 5.47. The van der Waals surface area contributed by atoms with E-state index in [1.54, 1.807) is 30.3 Å². The molecule has 0 spiro atoms. The number of alkyl halides is 1. The summed E-state index contributed by atoms with van der Waals surface area (Å²) in [4.78, 5) is 4.59. The molecule has 3 heterocycles. The molecule has 3 aromatic heterocycles. The predicted octanol–water partition coefficient (Wildman–Crippen LogP) is 2.92. The van der Waals surface area contributed by atoms with Crippen LogP contribution in [-0.2, 0) is 20.0 Å². The van der Waals surface area contributed by atoms with Crippen LogP contribution in [0.1, 0.15) is 37.3 Å². The van der Waals surface area contributed by atoms with Gasteiger partial charge in [-0.15, -0.1) is 5.10 Å². The lowest BCUT2D eigenvalue weighted by Crippen LogP contribution is -2.35. The summed E-state index contributed by atoms with van der Waals surface area (Å²) in [5.74, 6) is 0. The minimum absolute atomic E-state index is 0.0878. The average molecular weight is 627 g/mol. The lowest BCUT2D eigenvalue weighted by molar-refractivity contribution is 0.466. The lowest BCUT2D eigenvalue weighted by atomic mass is 10.2. The van der Waals surface area contributed by atoms with Crippen molar-refractivity contribution in [1.29, 1.82) is 0 Å². The summed E-state index contributed by atoms with van der Waals surface area (Å²) in [5.41, 5.74) is 2.54. The van der Waals surface area contributed by atoms with Gasteiger partial charge in [-0.25, -0.2) is 35.2 Å². The van der Waals surface area contributed by atoms with E-state index in [1.165, 1.54) is 16.4 Å². The van der Waals surface area contributed by atoms with Crippen LogP contribution in [0.4, 0.5) is 0 Å². The van der Waals surface area contributed by atoms with Crippen LogP contribution in [0.5, 0.6) is 0 Å². The number of nitrogens with zero attached hydrogens (tertiary/aromatic N) is 5. The van der Waals surface area contributed by atoms with E-state index in [2.05, 4.69) is 42.6 Å². The molecular weight excluding hydrogens is 603 g/mol. The standard InChI is InChI=1S/C22H23IN6O4S2/c1-13-2-4-16(5-3-13)35(32,33)28-9-8-17-21-19(12-24-22(17)28)25-27-29(21)20-11-14(10-18(20)23)26-34(30,31)15-6-7-15/h2-5,8-9,12,14-15,18,20,26H,6-7,10-11H2,1H3/t14-,18+,20-/m0/s1. The molecule has 0 saturated heterocycles. The third-order valence-electron chi connectivity index (χ3n) is 6.75. The van der Waals surface area contributed by atoms with Crippen LogP contribution >= 0.6 is 22.6 Å². The van der Waals surface area contributed by atoms with Crippen LogP contribution in [0.25, 0.3) is 22.1 Å². The first-order valence-electron chi connectivity index (χ1n) is 11.3. The van der Waals surface area contributed by atoms with E-state index in [-0.39, 0.29) is 26.2 Å². The Morgan fingerprint density at radius 1 is 1.06 bits per heavy atom. The summed E-state index contributed by atoms with van der Waals surface area (Å²) < 4.78 is 57.6. The zero-order chi connectivity index (χ0) is 24.5. The van der Waals surface area contributed by atoms with E-state index in [1.807, 2.05) is 11.6 Å². The van der Waals surface area contributed by atoms with Crippen molar-refractivity contribution < 1.29 is 16.8 Å². The summed E-state index contributed by atoms with van der Waals surface area (Å²) in [6, 6.07) is 8.16. The highest BCUT2D eigenvalue weighted by Crippen LogP contribution is 2.39. The van der Waals surface area contributed by atoms with E-state index in [0.717, 1.165) is 18.4 Å². The maximum atomic E-state index is 13.3. The number of rotatable bonds is 6. The summed E-state index contributed by atoms with van der Waals surface area (Å²) in [6.45, 7) is 1.90. The number of halogens is 1. The number of fused-ring (bicyclic) bond motifs is 3. The second kappa shape index (κ2) is 8.21. The Balaban J connectivity index is 1.39. The van der Waals surface area contributed by atoms with Crippen LogP contribution in [0, 0.1) is 6.92 Å². The molecule has 2 aliphatic rings. The molecule has 0 aliphatic heterocycles. The summed E-state index contributed by atoms with van der Waals surface area (Å²) in [5, 5.41) is 9.03. The molecule has 0 radical (unpaired) electrons. The van der Waals surface area contributed by atoms with Gasteiger partial charge in [-0.1, -0.05) is 45.5 Å². The predicted molar refractivity (Wildman–Crippen MR) is 140 cm³/mol. The highest BCUT2D eigenvalue weighted by atomic mass is 127. The van der Waals surface area contributed by atoms with Gasteiger partial charge >= 0.3 is 0 Å². The van der Waals surface area contributed by atoms with Gasteiger partial charge in [-0.05, 0) is 50.8 Å². The maximum absolute atomic E-state index is 13.3. The smallest absolute Gasteiger partial charge is 0.240 e. The highest BCUT2D eigenvalue weighted by Gasteiger charge is 2.42. The number of sulfonamides is 1. The van der Waals surface area contributed by atoms with Crippen molar-refractivity contribution in [2.45, 2.75) is 58.8 Å². The molecular formula is C22H23IN6O4S2. The SMILES string of the molecule is Cc1ccc(S(=O)(=O)n2ccc3c2ncc2nnn([C@H]4C[C@@H](NS(=O)(=O)C5CC5)C[C@H]4I)c23)cc1. The Morgan fingerprint density at radius 3 is 2.51 bits per heavy atom. The third kappa shape index (κ3) is 3.96. The van der Waals surface area contributed by atoms with Crippen LogP contribution in [0.2, 0.25) is 0 Å². The molecule has 2 fully saturated rings. The molecule has 1 N–H and O–H groups in total. The molecule has 0 unspecified atom stereocenters. The number of hydrogen-bond acceptors (Lipinski definition) is 7. The monoisotopic (exact) mass is 626 g/mol. The molecule has 6 rings (SSSR count). The number of hydrogen-bond donors (Lipinski definition) is 1. The van der Waals surface area contributed by atoms with Gasteiger partial charge in [0.05, 0.1) is 22.4 Å². The van der Waals surface area contributed by atoms with Gasteiger partial charge < -0.3 is 0 Å². The first-order valence-corrected chi connectivity index (χ1v) is 15.6. The minimum Gasteiger partial charge on any atom is -0.240 e. The molecule has 13 heteroatoms. The molecule has 4 aromatic rings. The Labute approximate surface area is 216 Å². The van der Waals surface area contributed by atoms with Crippen LogP contribution in [-0.4, -0.2) is 56.0 Å². The van der Waals surface area contributed by atoms with Gasteiger partial charge in [0, 0.05) is 21.5 Å². The molecule has 10 nitrogen and oxygen atoms in total. The van der Waals surface area contributed by atoms with Crippen molar-refractivity contribution in [3.63, 3.8) is 0 Å². The third-order valence-corrected chi connectivity index (χ3v) is 11.8. The van der Waals surface area contributed by atoms with Crippen molar-refractivity contribution in [2.24, 2.45) is 0 Å². The van der Waals surface area contributed by atoms with Crippen molar-refractivity contribution in [1.82, 2.24) is 28.7 Å². The fraction of sp³-hybridized carbons (Fsp3) is 0.409. The van der Waals surface area contributed by atoms with Crippen molar-refractivity contribution in [2.75, 3.05) is 0 Å². The van der Waals surface area contributed by atoms with Gasteiger partial charge in [-0.2, -0.15) is 0 Å². The zero-order valence-corrected chi connectivity index (χ0v) is 22.5. The highest BCUT2D eigenvalue weighted by molar-refractivity contribution is 14.1. The molecule has 2 saturated carbocycles. The summed E-state index contributed by atoms with van der Waals surface area (Å²) in [7, 11) is -7.12. The molecule has 2 aliphatic carbocycles. The number of aryl methyl sites for hydroxylation is 1. The topological polar surface area (TPSA) is 129 Å². The second-order valence-electron chi connectivity index (χ2n) is 9.31. The zero-order valence-electron chi connectivity index (χ0n) is 18.7. The van der Waals surface area contributed by atoms with Crippen molar-refractivity contribution >= 4 is 64.7 Å². The van der Waals surface area contributed by atoms with E-state index < -0.39 is 20.0 Å². The van der Waals surface area contributed by atoms with Gasteiger partial charge in [0.2, 0.25) is 10.0 Å². The lowest BCUT2D eigenvalue weighted by Gasteiger charge is -2.15. The Morgan fingerprint density at radius 2 is 1.80 bits per heavy atom. The van der Waals surface area contributed by atoms with E-state index >= 15 is 0 Å². The van der Waals surface area contributed by atoms with Gasteiger partial charge in [-0.3, -0.25) is 0 Å². The molecule has 1 aromatic carbocycles. The van der Waals surface area contributed by atoms with E-state index in [4.69, 9.17) is 0 Å². The van der Waals surface area contributed by atoms with Gasteiger partial charge in [0.25, 0.3) is 10.0 Å². The van der Waals surface area contributed by atoms with E-state index in [9.17, 15) is 16.8 Å². The Bertz CT molecular complexity index is 1660. The molecule has 3 atom stereocenters. The van der Waals surface area contributed by atoms with Crippen LogP contribution in [0.15, 0.2) is 47.6 Å². The number of nitrogens with one attached hydrogen (secondary N) is 1. The van der Waals surface area contributed by atoms with Crippen molar-refractivity contribution in [3.8, 4) is 0 Å². The average Bonchev–Trinajstić information content (AvgIpc) is 3.30. The van der Waals surface area contributed by atoms with Crippen molar-refractivity contribution in [3.05, 3.63) is 48.3 Å².